The Morgan fingerprint density at radius 1 is 1.05 bits per heavy atom. The van der Waals surface area contributed by atoms with Crippen molar-refractivity contribution in [1.29, 1.82) is 0 Å². The van der Waals surface area contributed by atoms with Crippen LogP contribution in [0.25, 0.3) is 0 Å². The molecule has 3 aliphatic rings. The number of aliphatic hydroxyl groups is 1. The van der Waals surface area contributed by atoms with Crippen molar-refractivity contribution >= 4 is 30.1 Å². The van der Waals surface area contributed by atoms with Gasteiger partial charge in [0.15, 0.2) is 0 Å². The molecule has 37 heavy (non-hydrogen) atoms. The number of Topliss-reactive ketones (excluding diaryl/α,β-unsaturated/α-hetero) is 1. The van der Waals surface area contributed by atoms with Crippen LogP contribution in [0.2, 0.25) is 13.3 Å². The van der Waals surface area contributed by atoms with Crippen molar-refractivity contribution in [3.05, 3.63) is 46.2 Å². The number of epoxide rings is 1. The minimum atomic E-state index is -2.63. The van der Waals surface area contributed by atoms with E-state index in [1.54, 1.807) is 6.08 Å². The van der Waals surface area contributed by atoms with E-state index in [0.29, 0.717) is 5.92 Å². The van der Waals surface area contributed by atoms with E-state index < -0.39 is 36.2 Å². The molecule has 3 rings (SSSR count). The zero-order valence-corrected chi connectivity index (χ0v) is 26.2. The second-order valence-corrected chi connectivity index (χ2v) is 24.4. The Balaban J connectivity index is 1.72. The van der Waals surface area contributed by atoms with Crippen molar-refractivity contribution in [1.82, 2.24) is 5.32 Å². The van der Waals surface area contributed by atoms with E-state index in [1.165, 1.54) is 96.1 Å². The predicted octanol–water partition coefficient (Wildman–Crippen LogP) is 6.70. The van der Waals surface area contributed by atoms with Crippen LogP contribution < -0.4 is 5.32 Å². The van der Waals surface area contributed by atoms with Gasteiger partial charge < -0.3 is 0 Å². The number of nitrogens with one attached hydrogen (secondary N) is 1. The average molecular weight is 618 g/mol. The summed E-state index contributed by atoms with van der Waals surface area (Å²) in [5, 5.41) is 14.3. The number of carbonyl (C=O) groups excluding carboxylic acids is 2. The molecule has 3 atom stereocenters. The van der Waals surface area contributed by atoms with E-state index in [-0.39, 0.29) is 17.4 Å². The molecule has 0 aromatic heterocycles. The first-order valence-electron chi connectivity index (χ1n) is 14.9. The van der Waals surface area contributed by atoms with Crippen LogP contribution in [0, 0.1) is 5.92 Å². The Morgan fingerprint density at radius 2 is 1.68 bits per heavy atom. The van der Waals surface area contributed by atoms with Crippen LogP contribution in [0.15, 0.2) is 46.2 Å². The monoisotopic (exact) mass is 619 g/mol. The molecule has 0 aromatic rings. The Bertz CT molecular complexity index is 864. The summed E-state index contributed by atoms with van der Waals surface area (Å²) >= 11 is -2.63. The minimum absolute atomic E-state index is 0.147. The van der Waals surface area contributed by atoms with Crippen LogP contribution in [0.4, 0.5) is 0 Å². The third-order valence-corrected chi connectivity index (χ3v) is 22.3. The van der Waals surface area contributed by atoms with Gasteiger partial charge in [-0.05, 0) is 12.8 Å². The number of amides is 1. The zero-order valence-electron chi connectivity index (χ0n) is 23.3. The van der Waals surface area contributed by atoms with Gasteiger partial charge in [0.25, 0.3) is 0 Å². The summed E-state index contributed by atoms with van der Waals surface area (Å²) < 4.78 is 12.0. The number of carbonyl (C=O) groups is 2. The van der Waals surface area contributed by atoms with Crippen molar-refractivity contribution in [3.8, 4) is 0 Å². The average Bonchev–Trinajstić information content (AvgIpc) is 3.72. The first kappa shape index (κ1) is 30.4. The van der Waals surface area contributed by atoms with Gasteiger partial charge in [-0.2, -0.15) is 0 Å². The van der Waals surface area contributed by atoms with Crippen molar-refractivity contribution in [3.63, 3.8) is 0 Å². The quantitative estimate of drug-likeness (QED) is 0.0927. The first-order chi connectivity index (χ1) is 17.9. The molecule has 0 aromatic carbocycles. The van der Waals surface area contributed by atoms with Crippen LogP contribution in [-0.2, 0) is 14.3 Å². The Labute approximate surface area is 228 Å². The van der Waals surface area contributed by atoms with Gasteiger partial charge in [-0.15, -0.1) is 0 Å². The third kappa shape index (κ3) is 8.93. The molecule has 2 N–H and O–H groups in total. The predicted molar refractivity (Wildman–Crippen MR) is 154 cm³/mol. The van der Waals surface area contributed by atoms with Gasteiger partial charge >= 0.3 is 197 Å². The summed E-state index contributed by atoms with van der Waals surface area (Å²) in [5.74, 6) is -0.0136. The van der Waals surface area contributed by atoms with Gasteiger partial charge in [0.2, 0.25) is 0 Å². The Hall–Kier alpha value is -1.18. The first-order valence-corrected chi connectivity index (χ1v) is 22.6. The molecule has 0 spiro atoms. The molecule has 6 heteroatoms. The standard InChI is InChI=1S/C19H22NO4.3C4H9.Sn/c1-2-19(23)12-14(16(22)17-18(19)24-17)20-15(21)11-7-6-10-13-8-4-3-5-9-13;3*1-3-4-2;/h1-2,6-7,10-13,17-18,23H,3-5,8-9H2,(H,20,21);3*1,3-4H2,2H3;/b2-1?,10-6+,11-7+;;;;/t17-,18-,19+;;;;/m0..../s1. The number of ketones is 1. The molecule has 1 amide bonds. The van der Waals surface area contributed by atoms with E-state index in [9.17, 15) is 14.7 Å². The molecule has 1 saturated carbocycles. The molecule has 1 saturated heterocycles. The van der Waals surface area contributed by atoms with Crippen LogP contribution in [0.1, 0.15) is 91.4 Å². The summed E-state index contributed by atoms with van der Waals surface area (Å²) in [7, 11) is 0. The van der Waals surface area contributed by atoms with Crippen molar-refractivity contribution in [2.24, 2.45) is 5.92 Å². The Kier molecular flexibility index (Phi) is 12.2. The fraction of sp³-hybridized carbons (Fsp3) is 0.677. The van der Waals surface area contributed by atoms with Crippen molar-refractivity contribution in [2.45, 2.75) is 123 Å². The third-order valence-electron chi connectivity index (χ3n) is 8.29. The fourth-order valence-electron chi connectivity index (χ4n) is 5.83. The van der Waals surface area contributed by atoms with E-state index in [1.807, 2.05) is 12.2 Å². The molecule has 0 bridgehead atoms. The molecule has 5 nitrogen and oxygen atoms in total. The topological polar surface area (TPSA) is 78.9 Å². The molecule has 0 unspecified atom stereocenters. The molecule has 1 heterocycles. The summed E-state index contributed by atoms with van der Waals surface area (Å²) in [6, 6.07) is 0. The summed E-state index contributed by atoms with van der Waals surface area (Å²) in [4.78, 5) is 25.3. The van der Waals surface area contributed by atoms with E-state index in [4.69, 9.17) is 4.74 Å². The number of unbranched alkanes of at least 4 members (excludes halogenated alkanes) is 3. The number of fused-ring (bicyclic) bond motifs is 1. The maximum atomic E-state index is 12.8. The van der Waals surface area contributed by atoms with Gasteiger partial charge in [0.05, 0.1) is 0 Å². The van der Waals surface area contributed by atoms with E-state index in [0.717, 1.165) is 0 Å². The van der Waals surface area contributed by atoms with Crippen LogP contribution in [0.5, 0.6) is 0 Å². The maximum absolute atomic E-state index is 12.8. The molecule has 0 radical (unpaired) electrons. The number of rotatable bonds is 15. The van der Waals surface area contributed by atoms with Gasteiger partial charge in [0, 0.05) is 0 Å². The van der Waals surface area contributed by atoms with E-state index >= 15 is 0 Å². The molecule has 1 aliphatic heterocycles. The molecule has 2 aliphatic carbocycles. The zero-order chi connectivity index (χ0) is 26.7. The SMILES string of the molecule is CCC[CH2][Sn](/[CH]=C/[C@@]1(O)C=C(NC(=O)/C=C/C=C/C2CCCCC2)C(=O)[C@@H]2O[C@@H]21)([CH2]CCC)[CH2]CCC. The van der Waals surface area contributed by atoms with Gasteiger partial charge in [0.1, 0.15) is 0 Å². The van der Waals surface area contributed by atoms with Crippen LogP contribution in [-0.4, -0.2) is 53.0 Å². The second kappa shape index (κ2) is 14.8. The fourth-order valence-corrected chi connectivity index (χ4v) is 20.2. The van der Waals surface area contributed by atoms with Gasteiger partial charge in [-0.25, -0.2) is 0 Å². The van der Waals surface area contributed by atoms with Gasteiger partial charge in [-0.3, -0.25) is 0 Å². The summed E-state index contributed by atoms with van der Waals surface area (Å²) in [5.41, 5.74) is -1.20. The van der Waals surface area contributed by atoms with Crippen LogP contribution in [0.3, 0.4) is 0 Å². The summed E-state index contributed by atoms with van der Waals surface area (Å²) in [6.07, 6.45) is 23.1. The number of ether oxygens (including phenoxy) is 1. The van der Waals surface area contributed by atoms with Crippen molar-refractivity contribution < 1.29 is 19.4 Å². The number of hydrogen-bond acceptors (Lipinski definition) is 4. The molecular weight excluding hydrogens is 569 g/mol. The molecule has 2 fully saturated rings. The van der Waals surface area contributed by atoms with Crippen LogP contribution >= 0.6 is 0 Å². The van der Waals surface area contributed by atoms with Crippen molar-refractivity contribution in [2.75, 3.05) is 0 Å². The van der Waals surface area contributed by atoms with Gasteiger partial charge in [-0.1, -0.05) is 19.3 Å². The molecule has 206 valence electrons. The van der Waals surface area contributed by atoms with E-state index in [2.05, 4.69) is 36.3 Å². The summed E-state index contributed by atoms with van der Waals surface area (Å²) in [6.45, 7) is 6.75. The second-order valence-electron chi connectivity index (χ2n) is 11.4. The number of hydrogen-bond donors (Lipinski definition) is 2. The molecular formula is C31H49NO4Sn. The number of allylic oxidation sites excluding steroid dienone is 3. The Morgan fingerprint density at radius 3 is 2.27 bits per heavy atom. The normalized spacial score (nSPS) is 26.7.